The SMILES string of the molecule is O=C(Nc1cc(N2CCCC2)ccc1N1CCCC1)c1ccncc1. The zero-order valence-corrected chi connectivity index (χ0v) is 14.4. The largest absolute Gasteiger partial charge is 0.371 e. The molecule has 130 valence electrons. The van der Waals surface area contributed by atoms with E-state index in [1.807, 2.05) is 0 Å². The first kappa shape index (κ1) is 15.9. The second-order valence-electron chi connectivity index (χ2n) is 6.78. The summed E-state index contributed by atoms with van der Waals surface area (Å²) in [7, 11) is 0. The Morgan fingerprint density at radius 3 is 2.20 bits per heavy atom. The Kier molecular flexibility index (Phi) is 4.55. The number of pyridine rings is 1. The lowest BCUT2D eigenvalue weighted by molar-refractivity contribution is 0.102. The number of hydrogen-bond acceptors (Lipinski definition) is 4. The van der Waals surface area contributed by atoms with E-state index in [1.54, 1.807) is 24.5 Å². The van der Waals surface area contributed by atoms with E-state index in [-0.39, 0.29) is 5.91 Å². The smallest absolute Gasteiger partial charge is 0.255 e. The fraction of sp³-hybridized carbons (Fsp3) is 0.400. The maximum atomic E-state index is 12.6. The molecule has 0 atom stereocenters. The molecule has 1 N–H and O–H groups in total. The maximum absolute atomic E-state index is 12.6. The highest BCUT2D eigenvalue weighted by atomic mass is 16.1. The summed E-state index contributed by atoms with van der Waals surface area (Å²) < 4.78 is 0. The van der Waals surface area contributed by atoms with E-state index in [4.69, 9.17) is 0 Å². The van der Waals surface area contributed by atoms with Crippen molar-refractivity contribution in [2.75, 3.05) is 41.3 Å². The van der Waals surface area contributed by atoms with E-state index < -0.39 is 0 Å². The van der Waals surface area contributed by atoms with Gasteiger partial charge in [-0.2, -0.15) is 0 Å². The summed E-state index contributed by atoms with van der Waals surface area (Å²) in [4.78, 5) is 21.4. The van der Waals surface area contributed by atoms with Gasteiger partial charge in [-0.1, -0.05) is 0 Å². The van der Waals surface area contributed by atoms with Crippen LogP contribution in [0, 0.1) is 0 Å². The molecule has 1 aromatic heterocycles. The van der Waals surface area contributed by atoms with Gasteiger partial charge in [-0.3, -0.25) is 9.78 Å². The monoisotopic (exact) mass is 336 g/mol. The molecule has 2 saturated heterocycles. The molecule has 5 heteroatoms. The zero-order chi connectivity index (χ0) is 17.1. The number of nitrogens with zero attached hydrogens (tertiary/aromatic N) is 3. The van der Waals surface area contributed by atoms with Crippen LogP contribution in [0.15, 0.2) is 42.7 Å². The second kappa shape index (κ2) is 7.13. The molecule has 25 heavy (non-hydrogen) atoms. The molecule has 0 aliphatic carbocycles. The molecular formula is C20H24N4O. The van der Waals surface area contributed by atoms with Crippen LogP contribution in [0.25, 0.3) is 0 Å². The van der Waals surface area contributed by atoms with Gasteiger partial charge >= 0.3 is 0 Å². The molecule has 4 rings (SSSR count). The molecule has 5 nitrogen and oxygen atoms in total. The van der Waals surface area contributed by atoms with E-state index in [0.717, 1.165) is 37.6 Å². The average molecular weight is 336 g/mol. The van der Waals surface area contributed by atoms with Crippen molar-refractivity contribution in [2.24, 2.45) is 0 Å². The summed E-state index contributed by atoms with van der Waals surface area (Å²) in [6.07, 6.45) is 8.21. The van der Waals surface area contributed by atoms with E-state index in [9.17, 15) is 4.79 Å². The standard InChI is InChI=1S/C20H24N4O/c25-20(16-7-9-21-10-8-16)22-18-15-17(23-11-1-2-12-23)5-6-19(18)24-13-3-4-14-24/h5-10,15H,1-4,11-14H2,(H,22,25). The van der Waals surface area contributed by atoms with Crippen molar-refractivity contribution in [2.45, 2.75) is 25.7 Å². The Labute approximate surface area is 148 Å². The van der Waals surface area contributed by atoms with Crippen LogP contribution < -0.4 is 15.1 Å². The van der Waals surface area contributed by atoms with Crippen LogP contribution in [-0.4, -0.2) is 37.1 Å². The first-order valence-electron chi connectivity index (χ1n) is 9.16. The lowest BCUT2D eigenvalue weighted by Crippen LogP contribution is -2.23. The number of aromatic nitrogens is 1. The van der Waals surface area contributed by atoms with Gasteiger partial charge in [0.1, 0.15) is 0 Å². The highest BCUT2D eigenvalue weighted by Gasteiger charge is 2.20. The Morgan fingerprint density at radius 2 is 1.52 bits per heavy atom. The van der Waals surface area contributed by atoms with Crippen molar-refractivity contribution in [1.29, 1.82) is 0 Å². The fourth-order valence-corrected chi connectivity index (χ4v) is 3.73. The third-order valence-electron chi connectivity index (χ3n) is 5.09. The molecule has 2 aliphatic heterocycles. The summed E-state index contributed by atoms with van der Waals surface area (Å²) in [5, 5.41) is 3.13. The van der Waals surface area contributed by atoms with Crippen LogP contribution in [0.3, 0.4) is 0 Å². The molecule has 0 unspecified atom stereocenters. The molecule has 0 spiro atoms. The molecule has 1 amide bonds. The summed E-state index contributed by atoms with van der Waals surface area (Å²) in [6, 6.07) is 9.99. The van der Waals surface area contributed by atoms with E-state index in [1.165, 1.54) is 31.4 Å². The van der Waals surface area contributed by atoms with E-state index in [0.29, 0.717) is 5.56 Å². The summed E-state index contributed by atoms with van der Waals surface area (Å²) >= 11 is 0. The number of rotatable bonds is 4. The van der Waals surface area contributed by atoms with Gasteiger partial charge in [-0.15, -0.1) is 0 Å². The zero-order valence-electron chi connectivity index (χ0n) is 14.4. The van der Waals surface area contributed by atoms with Gasteiger partial charge in [0.25, 0.3) is 5.91 Å². The van der Waals surface area contributed by atoms with Gasteiger partial charge in [-0.05, 0) is 56.0 Å². The minimum absolute atomic E-state index is 0.0820. The number of amides is 1. The predicted octanol–water partition coefficient (Wildman–Crippen LogP) is 3.53. The average Bonchev–Trinajstić information content (AvgIpc) is 3.36. The van der Waals surface area contributed by atoms with Crippen LogP contribution in [0.1, 0.15) is 36.0 Å². The summed E-state index contributed by atoms with van der Waals surface area (Å²) in [5.74, 6) is -0.0820. The number of nitrogens with one attached hydrogen (secondary N) is 1. The molecule has 1 aromatic carbocycles. The molecule has 0 radical (unpaired) electrons. The van der Waals surface area contributed by atoms with E-state index >= 15 is 0 Å². The second-order valence-corrected chi connectivity index (χ2v) is 6.78. The third-order valence-corrected chi connectivity index (χ3v) is 5.09. The lowest BCUT2D eigenvalue weighted by atomic mass is 10.2. The van der Waals surface area contributed by atoms with Crippen LogP contribution in [-0.2, 0) is 0 Å². The number of hydrogen-bond donors (Lipinski definition) is 1. The first-order valence-corrected chi connectivity index (χ1v) is 9.16. The van der Waals surface area contributed by atoms with Crippen LogP contribution in [0.2, 0.25) is 0 Å². The van der Waals surface area contributed by atoms with Crippen LogP contribution in [0.4, 0.5) is 17.1 Å². The molecule has 0 bridgehead atoms. The summed E-state index contributed by atoms with van der Waals surface area (Å²) in [6.45, 7) is 4.31. The maximum Gasteiger partial charge on any atom is 0.255 e. The van der Waals surface area contributed by atoms with Crippen molar-refractivity contribution in [1.82, 2.24) is 4.98 Å². The molecule has 2 aromatic rings. The highest BCUT2D eigenvalue weighted by Crippen LogP contribution is 2.34. The van der Waals surface area contributed by atoms with Gasteiger partial charge in [0.15, 0.2) is 0 Å². The molecule has 2 aliphatic rings. The van der Waals surface area contributed by atoms with Gasteiger partial charge in [0, 0.05) is 49.8 Å². The fourth-order valence-electron chi connectivity index (χ4n) is 3.73. The van der Waals surface area contributed by atoms with Gasteiger partial charge in [0.05, 0.1) is 11.4 Å². The minimum Gasteiger partial charge on any atom is -0.371 e. The number of carbonyl (C=O) groups excluding carboxylic acids is 1. The van der Waals surface area contributed by atoms with Gasteiger partial charge in [-0.25, -0.2) is 0 Å². The number of carbonyl (C=O) groups is 1. The summed E-state index contributed by atoms with van der Waals surface area (Å²) in [5.41, 5.74) is 3.87. The lowest BCUT2D eigenvalue weighted by Gasteiger charge is -2.25. The Bertz CT molecular complexity index is 735. The van der Waals surface area contributed by atoms with Crippen molar-refractivity contribution < 1.29 is 4.79 Å². The number of anilines is 3. The quantitative estimate of drug-likeness (QED) is 0.928. The van der Waals surface area contributed by atoms with E-state index in [2.05, 4.69) is 38.3 Å². The number of benzene rings is 1. The Hall–Kier alpha value is -2.56. The first-order chi connectivity index (χ1) is 12.3. The molecule has 0 saturated carbocycles. The van der Waals surface area contributed by atoms with Crippen molar-refractivity contribution in [3.8, 4) is 0 Å². The minimum atomic E-state index is -0.0820. The predicted molar refractivity (Wildman–Crippen MR) is 102 cm³/mol. The van der Waals surface area contributed by atoms with Crippen molar-refractivity contribution >= 4 is 23.0 Å². The normalized spacial score (nSPS) is 17.1. The Morgan fingerprint density at radius 1 is 0.880 bits per heavy atom. The highest BCUT2D eigenvalue weighted by molar-refractivity contribution is 6.06. The van der Waals surface area contributed by atoms with Crippen molar-refractivity contribution in [3.05, 3.63) is 48.3 Å². The molecule has 3 heterocycles. The van der Waals surface area contributed by atoms with Gasteiger partial charge < -0.3 is 15.1 Å². The van der Waals surface area contributed by atoms with Crippen molar-refractivity contribution in [3.63, 3.8) is 0 Å². The van der Waals surface area contributed by atoms with Crippen LogP contribution >= 0.6 is 0 Å². The molecule has 2 fully saturated rings. The van der Waals surface area contributed by atoms with Gasteiger partial charge in [0.2, 0.25) is 0 Å². The topological polar surface area (TPSA) is 48.5 Å². The molecular weight excluding hydrogens is 312 g/mol. The Balaban J connectivity index is 1.64. The third kappa shape index (κ3) is 3.45. The van der Waals surface area contributed by atoms with Crippen LogP contribution in [0.5, 0.6) is 0 Å².